The van der Waals surface area contributed by atoms with Crippen LogP contribution in [0.25, 0.3) is 0 Å². The number of carbonyl (C=O) groups is 2. The van der Waals surface area contributed by atoms with Crippen molar-refractivity contribution in [3.8, 4) is 0 Å². The third-order valence-electron chi connectivity index (χ3n) is 4.05. The second kappa shape index (κ2) is 6.98. The van der Waals surface area contributed by atoms with Crippen molar-refractivity contribution in [3.05, 3.63) is 23.8 Å². The molecule has 2 heterocycles. The average Bonchev–Trinajstić information content (AvgIpc) is 2.92. The van der Waals surface area contributed by atoms with Crippen LogP contribution in [0.2, 0.25) is 0 Å². The normalized spacial score (nSPS) is 20.7. The number of anilines is 2. The molecular weight excluding hydrogens is 348 g/mol. The minimum atomic E-state index is -3.26. The topological polar surface area (TPSA) is 117 Å². The van der Waals surface area contributed by atoms with Gasteiger partial charge in [-0.1, -0.05) is 0 Å². The molecule has 0 saturated carbocycles. The number of sulfonamides is 1. The summed E-state index contributed by atoms with van der Waals surface area (Å²) < 4.78 is 30.0. The van der Waals surface area contributed by atoms with E-state index in [1.165, 1.54) is 4.31 Å². The molecule has 1 fully saturated rings. The van der Waals surface area contributed by atoms with E-state index in [1.807, 2.05) is 0 Å². The van der Waals surface area contributed by atoms with Crippen LogP contribution in [0, 0.1) is 0 Å². The fourth-order valence-corrected chi connectivity index (χ4v) is 3.65. The Morgan fingerprint density at radius 3 is 3.00 bits per heavy atom. The number of nitrogens with zero attached hydrogens (tertiary/aromatic N) is 1. The van der Waals surface area contributed by atoms with Crippen molar-refractivity contribution in [2.75, 3.05) is 43.1 Å². The van der Waals surface area contributed by atoms with Crippen molar-refractivity contribution < 1.29 is 22.7 Å². The molecule has 1 aromatic carbocycles. The number of benzene rings is 1. The lowest BCUT2D eigenvalue weighted by Crippen LogP contribution is -2.49. The van der Waals surface area contributed by atoms with Gasteiger partial charge in [0.05, 0.1) is 25.4 Å². The van der Waals surface area contributed by atoms with Gasteiger partial charge in [-0.25, -0.2) is 13.2 Å². The molecule has 136 valence electrons. The number of nitrogens with one attached hydrogen (secondary N) is 3. The average molecular weight is 368 g/mol. The summed E-state index contributed by atoms with van der Waals surface area (Å²) in [4.78, 5) is 23.3. The highest BCUT2D eigenvalue weighted by Gasteiger charge is 2.26. The van der Waals surface area contributed by atoms with Crippen LogP contribution in [0.5, 0.6) is 0 Å². The summed E-state index contributed by atoms with van der Waals surface area (Å²) in [6.07, 6.45) is 1.06. The van der Waals surface area contributed by atoms with Crippen LogP contribution in [0.4, 0.5) is 16.2 Å². The quantitative estimate of drug-likeness (QED) is 0.690. The van der Waals surface area contributed by atoms with Crippen LogP contribution in [0.1, 0.15) is 5.56 Å². The van der Waals surface area contributed by atoms with Crippen molar-refractivity contribution in [1.82, 2.24) is 9.62 Å². The van der Waals surface area contributed by atoms with Gasteiger partial charge in [-0.2, -0.15) is 4.31 Å². The summed E-state index contributed by atoms with van der Waals surface area (Å²) in [6.45, 7) is 1.03. The Morgan fingerprint density at radius 2 is 2.24 bits per heavy atom. The van der Waals surface area contributed by atoms with Gasteiger partial charge in [0.25, 0.3) is 0 Å². The molecule has 10 heteroatoms. The van der Waals surface area contributed by atoms with Crippen LogP contribution in [0.3, 0.4) is 0 Å². The lowest BCUT2D eigenvalue weighted by molar-refractivity contribution is -0.115. The summed E-state index contributed by atoms with van der Waals surface area (Å²) in [5, 5.41) is 8.09. The Morgan fingerprint density at radius 1 is 1.44 bits per heavy atom. The minimum Gasteiger partial charge on any atom is -0.374 e. The fourth-order valence-electron chi connectivity index (χ4n) is 2.81. The van der Waals surface area contributed by atoms with Gasteiger partial charge >= 0.3 is 6.03 Å². The molecule has 3 rings (SSSR count). The lowest BCUT2D eigenvalue weighted by atomic mass is 10.1. The van der Waals surface area contributed by atoms with Crippen molar-refractivity contribution in [2.45, 2.75) is 12.5 Å². The maximum Gasteiger partial charge on any atom is 0.319 e. The molecule has 1 saturated heterocycles. The third kappa shape index (κ3) is 4.47. The van der Waals surface area contributed by atoms with Crippen LogP contribution in [0.15, 0.2) is 18.2 Å². The second-order valence-electron chi connectivity index (χ2n) is 6.05. The smallest absolute Gasteiger partial charge is 0.319 e. The zero-order valence-electron chi connectivity index (χ0n) is 13.7. The van der Waals surface area contributed by atoms with Gasteiger partial charge < -0.3 is 20.7 Å². The largest absolute Gasteiger partial charge is 0.374 e. The van der Waals surface area contributed by atoms with E-state index < -0.39 is 22.2 Å². The zero-order valence-corrected chi connectivity index (χ0v) is 14.6. The standard InChI is InChI=1S/C15H20N4O5S/c1-25(22,23)19-4-5-24-12(9-19)8-16-15(21)17-11-2-3-13-10(6-11)7-14(20)18-13/h2-3,6,12H,4-5,7-9H2,1H3,(H,18,20)(H2,16,17,21)/t12-/m1/s1. The van der Waals surface area contributed by atoms with Gasteiger partial charge in [-0.3, -0.25) is 4.79 Å². The van der Waals surface area contributed by atoms with E-state index in [-0.39, 0.29) is 19.0 Å². The maximum atomic E-state index is 12.0. The monoisotopic (exact) mass is 368 g/mol. The Bertz CT molecular complexity index is 795. The molecule has 0 radical (unpaired) electrons. The van der Waals surface area contributed by atoms with Gasteiger partial charge in [0.2, 0.25) is 15.9 Å². The number of hydrogen-bond donors (Lipinski definition) is 3. The van der Waals surface area contributed by atoms with Crippen molar-refractivity contribution >= 4 is 33.3 Å². The van der Waals surface area contributed by atoms with E-state index in [0.29, 0.717) is 25.3 Å². The molecule has 0 spiro atoms. The second-order valence-corrected chi connectivity index (χ2v) is 8.03. The first kappa shape index (κ1) is 17.6. The summed E-state index contributed by atoms with van der Waals surface area (Å²) in [7, 11) is -3.26. The number of rotatable bonds is 4. The van der Waals surface area contributed by atoms with E-state index in [9.17, 15) is 18.0 Å². The molecular formula is C15H20N4O5S. The molecule has 1 aromatic rings. The summed E-state index contributed by atoms with van der Waals surface area (Å²) in [6, 6.07) is 4.77. The third-order valence-corrected chi connectivity index (χ3v) is 5.32. The Kier molecular flexibility index (Phi) is 4.93. The predicted octanol–water partition coefficient (Wildman–Crippen LogP) is -0.0369. The molecule has 0 aliphatic carbocycles. The molecule has 3 N–H and O–H groups in total. The van der Waals surface area contributed by atoms with E-state index in [4.69, 9.17) is 4.74 Å². The first-order chi connectivity index (χ1) is 11.8. The maximum absolute atomic E-state index is 12.0. The summed E-state index contributed by atoms with van der Waals surface area (Å²) in [5.41, 5.74) is 2.17. The number of hydrogen-bond acceptors (Lipinski definition) is 5. The number of urea groups is 1. The minimum absolute atomic E-state index is 0.0681. The van der Waals surface area contributed by atoms with Crippen molar-refractivity contribution in [3.63, 3.8) is 0 Å². The molecule has 2 aliphatic heterocycles. The Balaban J connectivity index is 1.50. The van der Waals surface area contributed by atoms with Crippen LogP contribution < -0.4 is 16.0 Å². The first-order valence-corrected chi connectivity index (χ1v) is 9.70. The highest BCUT2D eigenvalue weighted by molar-refractivity contribution is 7.88. The molecule has 0 bridgehead atoms. The highest BCUT2D eigenvalue weighted by Crippen LogP contribution is 2.25. The van der Waals surface area contributed by atoms with Crippen molar-refractivity contribution in [1.29, 1.82) is 0 Å². The molecule has 0 unspecified atom stereocenters. The van der Waals surface area contributed by atoms with E-state index in [0.717, 1.165) is 17.5 Å². The van der Waals surface area contributed by atoms with Gasteiger partial charge in [-0.15, -0.1) is 0 Å². The molecule has 2 aliphatic rings. The molecule has 25 heavy (non-hydrogen) atoms. The van der Waals surface area contributed by atoms with Gasteiger partial charge in [0.15, 0.2) is 0 Å². The van der Waals surface area contributed by atoms with Crippen LogP contribution in [-0.4, -0.2) is 63.3 Å². The first-order valence-electron chi connectivity index (χ1n) is 7.85. The molecule has 9 nitrogen and oxygen atoms in total. The van der Waals surface area contributed by atoms with E-state index in [1.54, 1.807) is 18.2 Å². The SMILES string of the molecule is CS(=O)(=O)N1CCO[C@H](CNC(=O)Nc2ccc3c(c2)CC(=O)N3)C1. The van der Waals surface area contributed by atoms with Crippen LogP contribution >= 0.6 is 0 Å². The van der Waals surface area contributed by atoms with Gasteiger partial charge in [0.1, 0.15) is 0 Å². The van der Waals surface area contributed by atoms with Crippen molar-refractivity contribution in [2.24, 2.45) is 0 Å². The highest BCUT2D eigenvalue weighted by atomic mass is 32.2. The zero-order chi connectivity index (χ0) is 18.0. The Hall–Kier alpha value is -2.17. The van der Waals surface area contributed by atoms with E-state index in [2.05, 4.69) is 16.0 Å². The Labute approximate surface area is 145 Å². The number of ether oxygens (including phenoxy) is 1. The molecule has 3 amide bonds. The predicted molar refractivity (Wildman–Crippen MR) is 92.0 cm³/mol. The van der Waals surface area contributed by atoms with Crippen LogP contribution in [-0.2, 0) is 26.0 Å². The van der Waals surface area contributed by atoms with E-state index >= 15 is 0 Å². The van der Waals surface area contributed by atoms with Gasteiger partial charge in [0, 0.05) is 31.0 Å². The molecule has 0 aromatic heterocycles. The van der Waals surface area contributed by atoms with Gasteiger partial charge in [-0.05, 0) is 23.8 Å². The number of morpholine rings is 1. The number of carbonyl (C=O) groups excluding carboxylic acids is 2. The number of fused-ring (bicyclic) bond motifs is 1. The lowest BCUT2D eigenvalue weighted by Gasteiger charge is -2.31. The fraction of sp³-hybridized carbons (Fsp3) is 0.467. The summed E-state index contributed by atoms with van der Waals surface area (Å²) in [5.74, 6) is -0.0681. The summed E-state index contributed by atoms with van der Waals surface area (Å²) >= 11 is 0. The number of amides is 3. The molecule has 1 atom stereocenters.